The lowest BCUT2D eigenvalue weighted by Gasteiger charge is -2.10. The molecule has 10 heteroatoms. The summed E-state index contributed by atoms with van der Waals surface area (Å²) >= 11 is 0. The number of carbonyl (C=O) groups excluding carboxylic acids is 2. The van der Waals surface area contributed by atoms with Crippen LogP contribution in [0.2, 0.25) is 0 Å². The predicted octanol–water partition coefficient (Wildman–Crippen LogP) is -2.90. The van der Waals surface area contributed by atoms with E-state index in [1.54, 1.807) is 0 Å². The first-order valence-electron chi connectivity index (χ1n) is 4.12. The monoisotopic (exact) mass is 256 g/mol. The van der Waals surface area contributed by atoms with Gasteiger partial charge in [-0.05, 0) is 0 Å². The number of aliphatic hydroxyl groups is 2. The highest BCUT2D eigenvalue weighted by molar-refractivity contribution is 7.34. The maximum Gasteiger partial charge on any atom is 0.423 e. The molecule has 94 valence electrons. The van der Waals surface area contributed by atoms with Crippen molar-refractivity contribution in [3.8, 4) is 0 Å². The molecule has 2 atom stereocenters. The van der Waals surface area contributed by atoms with Gasteiger partial charge in [0.25, 0.3) is 0 Å². The lowest BCUT2D eigenvalue weighted by atomic mass is 10.3. The van der Waals surface area contributed by atoms with Gasteiger partial charge in [0.05, 0.1) is 13.2 Å². The van der Waals surface area contributed by atoms with E-state index in [4.69, 9.17) is 21.7 Å². The van der Waals surface area contributed by atoms with Crippen LogP contribution in [-0.4, -0.2) is 47.4 Å². The van der Waals surface area contributed by atoms with Crippen LogP contribution in [0.15, 0.2) is 0 Å². The Bertz CT molecular complexity index is 258. The first-order valence-corrected chi connectivity index (χ1v) is 5.35. The van der Waals surface area contributed by atoms with Crippen LogP contribution >= 0.6 is 8.25 Å². The van der Waals surface area contributed by atoms with Gasteiger partial charge in [0, 0.05) is 0 Å². The highest BCUT2D eigenvalue weighted by Gasteiger charge is 2.21. The van der Waals surface area contributed by atoms with Gasteiger partial charge in [-0.3, -0.25) is 0 Å². The highest BCUT2D eigenvalue weighted by Crippen LogP contribution is 2.24. The number of nitrogens with two attached hydrogens (primary N) is 2. The molecule has 0 radical (unpaired) electrons. The van der Waals surface area contributed by atoms with Crippen molar-refractivity contribution in [2.75, 3.05) is 13.2 Å². The molecule has 0 aromatic carbocycles. The number of rotatable bonds is 6. The third-order valence-corrected chi connectivity index (χ3v) is 2.10. The molecule has 0 heterocycles. The smallest absolute Gasteiger partial charge is 0.394 e. The minimum absolute atomic E-state index is 0.696. The minimum Gasteiger partial charge on any atom is -0.394 e. The van der Waals surface area contributed by atoms with Gasteiger partial charge in [-0.1, -0.05) is 0 Å². The SMILES string of the molecule is N[C@@H](CO)C(=O)O[PH](=O)OC(=O)[C@@H](N)CO. The molecule has 0 amide bonds. The molecule has 0 rings (SSSR count). The Kier molecular flexibility index (Phi) is 6.86. The van der Waals surface area contributed by atoms with E-state index in [0.29, 0.717) is 0 Å². The van der Waals surface area contributed by atoms with Crippen molar-refractivity contribution in [1.29, 1.82) is 0 Å². The summed E-state index contributed by atoms with van der Waals surface area (Å²) in [5.74, 6) is -2.34. The van der Waals surface area contributed by atoms with Crippen LogP contribution in [0.5, 0.6) is 0 Å². The Morgan fingerprint density at radius 2 is 1.38 bits per heavy atom. The van der Waals surface area contributed by atoms with Crippen LogP contribution in [-0.2, 0) is 23.2 Å². The maximum absolute atomic E-state index is 10.9. The average Bonchev–Trinajstić information content (AvgIpc) is 2.26. The molecule has 0 aliphatic carbocycles. The third-order valence-electron chi connectivity index (χ3n) is 1.37. The van der Waals surface area contributed by atoms with Gasteiger partial charge >= 0.3 is 20.2 Å². The molecule has 0 bridgehead atoms. The van der Waals surface area contributed by atoms with E-state index >= 15 is 0 Å². The molecular weight excluding hydrogens is 243 g/mol. The van der Waals surface area contributed by atoms with Gasteiger partial charge in [-0.2, -0.15) is 0 Å². The topological polar surface area (TPSA) is 162 Å². The lowest BCUT2D eigenvalue weighted by Crippen LogP contribution is -2.36. The summed E-state index contributed by atoms with van der Waals surface area (Å²) in [5, 5.41) is 16.9. The zero-order valence-corrected chi connectivity index (χ0v) is 9.16. The molecule has 16 heavy (non-hydrogen) atoms. The van der Waals surface area contributed by atoms with E-state index in [2.05, 4.69) is 9.05 Å². The van der Waals surface area contributed by atoms with E-state index < -0.39 is 45.5 Å². The van der Waals surface area contributed by atoms with Gasteiger partial charge in [-0.15, -0.1) is 0 Å². The standard InChI is InChI=1S/C6H13N2O7P/c7-3(1-9)5(11)14-16(13)15-6(12)4(8)2-10/h3-4,9-10,16H,1-2,7-8H2/t3-,4-/m0/s1. The Morgan fingerprint density at radius 3 is 1.62 bits per heavy atom. The highest BCUT2D eigenvalue weighted by atomic mass is 31.1. The van der Waals surface area contributed by atoms with Crippen molar-refractivity contribution in [1.82, 2.24) is 0 Å². The summed E-state index contributed by atoms with van der Waals surface area (Å²) in [5.41, 5.74) is 10.1. The number of aliphatic hydroxyl groups excluding tert-OH is 2. The predicted molar refractivity (Wildman–Crippen MR) is 51.3 cm³/mol. The summed E-state index contributed by atoms with van der Waals surface area (Å²) in [6.45, 7) is -1.39. The lowest BCUT2D eigenvalue weighted by molar-refractivity contribution is -0.140. The van der Waals surface area contributed by atoms with Crippen molar-refractivity contribution < 1.29 is 33.4 Å². The number of carbonyl (C=O) groups is 2. The first kappa shape index (κ1) is 15.0. The minimum atomic E-state index is -3.43. The Balaban J connectivity index is 4.09. The largest absolute Gasteiger partial charge is 0.423 e. The molecule has 0 spiro atoms. The summed E-state index contributed by atoms with van der Waals surface area (Å²) in [6.07, 6.45) is 0. The Labute approximate surface area is 91.3 Å². The van der Waals surface area contributed by atoms with Crippen molar-refractivity contribution >= 4 is 20.2 Å². The zero-order chi connectivity index (χ0) is 12.7. The Hall–Kier alpha value is -0.990. The zero-order valence-electron chi connectivity index (χ0n) is 8.16. The van der Waals surface area contributed by atoms with Crippen molar-refractivity contribution in [3.05, 3.63) is 0 Å². The molecule has 0 unspecified atom stereocenters. The van der Waals surface area contributed by atoms with Gasteiger partial charge in [0.1, 0.15) is 12.1 Å². The van der Waals surface area contributed by atoms with E-state index in [1.807, 2.05) is 0 Å². The van der Waals surface area contributed by atoms with Crippen LogP contribution < -0.4 is 11.5 Å². The molecule has 0 saturated carbocycles. The van der Waals surface area contributed by atoms with E-state index in [1.165, 1.54) is 0 Å². The second-order valence-electron chi connectivity index (χ2n) is 2.67. The van der Waals surface area contributed by atoms with Crippen LogP contribution in [0.3, 0.4) is 0 Å². The fourth-order valence-corrected chi connectivity index (χ4v) is 1.16. The third kappa shape index (κ3) is 5.19. The number of hydrogen-bond donors (Lipinski definition) is 4. The molecule has 0 saturated heterocycles. The van der Waals surface area contributed by atoms with Gasteiger partial charge in [-0.25, -0.2) is 14.2 Å². The van der Waals surface area contributed by atoms with E-state index in [9.17, 15) is 14.2 Å². The van der Waals surface area contributed by atoms with Crippen LogP contribution in [0.25, 0.3) is 0 Å². The molecule has 0 aromatic heterocycles. The molecule has 0 aliphatic rings. The van der Waals surface area contributed by atoms with Crippen LogP contribution in [0, 0.1) is 0 Å². The summed E-state index contributed by atoms with van der Waals surface area (Å²) in [7, 11) is -3.43. The van der Waals surface area contributed by atoms with Crippen molar-refractivity contribution in [2.45, 2.75) is 12.1 Å². The second kappa shape index (κ2) is 7.31. The molecule has 0 aromatic rings. The van der Waals surface area contributed by atoms with E-state index in [0.717, 1.165) is 0 Å². The van der Waals surface area contributed by atoms with Crippen molar-refractivity contribution in [3.63, 3.8) is 0 Å². The van der Waals surface area contributed by atoms with Gasteiger partial charge in [0.2, 0.25) is 0 Å². The molecular formula is C6H13N2O7P. The molecule has 0 fully saturated rings. The fraction of sp³-hybridized carbons (Fsp3) is 0.667. The Morgan fingerprint density at radius 1 is 1.06 bits per heavy atom. The van der Waals surface area contributed by atoms with Gasteiger partial charge in [0.15, 0.2) is 0 Å². The summed E-state index contributed by atoms with van der Waals surface area (Å²) < 4.78 is 19.2. The summed E-state index contributed by atoms with van der Waals surface area (Å²) in [6, 6.07) is -2.72. The molecule has 0 aliphatic heterocycles. The van der Waals surface area contributed by atoms with Crippen molar-refractivity contribution in [2.24, 2.45) is 11.5 Å². The van der Waals surface area contributed by atoms with Crippen LogP contribution in [0.1, 0.15) is 0 Å². The fourth-order valence-electron chi connectivity index (χ4n) is 0.486. The molecule has 6 N–H and O–H groups in total. The maximum atomic E-state index is 10.9. The normalized spacial score (nSPS) is 14.3. The van der Waals surface area contributed by atoms with E-state index in [-0.39, 0.29) is 0 Å². The summed E-state index contributed by atoms with van der Waals surface area (Å²) in [4.78, 5) is 21.7. The first-order chi connectivity index (χ1) is 7.42. The van der Waals surface area contributed by atoms with Gasteiger partial charge < -0.3 is 30.7 Å². The average molecular weight is 256 g/mol. The second-order valence-corrected chi connectivity index (χ2v) is 3.58. The van der Waals surface area contributed by atoms with Crippen LogP contribution in [0.4, 0.5) is 0 Å². The molecule has 9 nitrogen and oxygen atoms in total. The number of hydrogen-bond acceptors (Lipinski definition) is 9. The quantitative estimate of drug-likeness (QED) is 0.365.